The molecule has 0 spiro atoms. The Morgan fingerprint density at radius 3 is 2.56 bits per heavy atom. The number of hydrogen-bond donors (Lipinski definition) is 0. The molecule has 0 fully saturated rings. The van der Waals surface area contributed by atoms with Gasteiger partial charge < -0.3 is 9.30 Å². The first kappa shape index (κ1) is 17.6. The molecule has 0 N–H and O–H groups in total. The van der Waals surface area contributed by atoms with Crippen molar-refractivity contribution in [3.05, 3.63) is 68.2 Å². The summed E-state index contributed by atoms with van der Waals surface area (Å²) < 4.78 is 7.89. The van der Waals surface area contributed by atoms with Crippen molar-refractivity contribution in [3.63, 3.8) is 0 Å². The molecule has 128 valence electrons. The molecule has 6 heteroatoms. The molecular weight excluding hydrogens is 400 g/mol. The number of aryl methyl sites for hydroxylation is 1. The smallest absolute Gasteiger partial charge is 0.279 e. The van der Waals surface area contributed by atoms with Gasteiger partial charge in [0.25, 0.3) is 5.91 Å². The number of methoxy groups -OCH3 is 1. The summed E-state index contributed by atoms with van der Waals surface area (Å²) in [6.07, 6.45) is 0. The summed E-state index contributed by atoms with van der Waals surface area (Å²) in [5, 5.41) is 0. The van der Waals surface area contributed by atoms with Crippen molar-refractivity contribution < 1.29 is 9.53 Å². The first-order chi connectivity index (χ1) is 12.0. The van der Waals surface area contributed by atoms with Crippen LogP contribution in [0.25, 0.3) is 11.3 Å². The van der Waals surface area contributed by atoms with Gasteiger partial charge in [0.05, 0.1) is 17.3 Å². The van der Waals surface area contributed by atoms with Gasteiger partial charge in [0.15, 0.2) is 4.80 Å². The predicted octanol–water partition coefficient (Wildman–Crippen LogP) is 4.57. The van der Waals surface area contributed by atoms with Crippen LogP contribution in [0.15, 0.2) is 58.0 Å². The number of halogens is 1. The van der Waals surface area contributed by atoms with Gasteiger partial charge in [-0.1, -0.05) is 30.3 Å². The largest absolute Gasteiger partial charge is 0.496 e. The van der Waals surface area contributed by atoms with Gasteiger partial charge in [0.1, 0.15) is 5.75 Å². The van der Waals surface area contributed by atoms with E-state index in [9.17, 15) is 4.79 Å². The number of amides is 1. The van der Waals surface area contributed by atoms with Crippen LogP contribution in [0.1, 0.15) is 15.2 Å². The van der Waals surface area contributed by atoms with E-state index in [-0.39, 0.29) is 5.91 Å². The van der Waals surface area contributed by atoms with Gasteiger partial charge in [0.2, 0.25) is 0 Å². The average molecular weight is 417 g/mol. The lowest BCUT2D eigenvalue weighted by molar-refractivity contribution is 0.0998. The Hall–Kier alpha value is -2.18. The highest BCUT2D eigenvalue weighted by Gasteiger charge is 2.12. The summed E-state index contributed by atoms with van der Waals surface area (Å²) >= 11 is 4.91. The summed E-state index contributed by atoms with van der Waals surface area (Å²) in [5.74, 6) is 0.403. The Balaban J connectivity index is 2.02. The fraction of sp³-hybridized carbons (Fsp3) is 0.158. The van der Waals surface area contributed by atoms with Gasteiger partial charge in [-0.3, -0.25) is 4.79 Å². The third-order valence-corrected chi connectivity index (χ3v) is 5.51. The highest BCUT2D eigenvalue weighted by atomic mass is 79.9. The van der Waals surface area contributed by atoms with Crippen LogP contribution in [0.2, 0.25) is 0 Å². The molecule has 25 heavy (non-hydrogen) atoms. The van der Waals surface area contributed by atoms with Crippen molar-refractivity contribution in [3.8, 4) is 17.0 Å². The Bertz CT molecular complexity index is 990. The number of aromatic nitrogens is 1. The van der Waals surface area contributed by atoms with Gasteiger partial charge in [-0.25, -0.2) is 0 Å². The van der Waals surface area contributed by atoms with E-state index in [4.69, 9.17) is 4.74 Å². The number of carbonyl (C=O) groups is 1. The van der Waals surface area contributed by atoms with Crippen molar-refractivity contribution in [2.24, 2.45) is 12.0 Å². The van der Waals surface area contributed by atoms with Crippen LogP contribution in [0, 0.1) is 6.92 Å². The van der Waals surface area contributed by atoms with E-state index in [1.54, 1.807) is 25.3 Å². The molecule has 0 bridgehead atoms. The van der Waals surface area contributed by atoms with Gasteiger partial charge in [0, 0.05) is 17.5 Å². The SMILES string of the molecule is COc1ccc(C(=O)N=c2sc(C)c(-c3ccccc3)n2C)cc1Br. The minimum atomic E-state index is -0.278. The highest BCUT2D eigenvalue weighted by Crippen LogP contribution is 2.26. The summed E-state index contributed by atoms with van der Waals surface area (Å²) in [6.45, 7) is 2.04. The molecule has 0 radical (unpaired) electrons. The summed E-state index contributed by atoms with van der Waals surface area (Å²) in [6, 6.07) is 15.3. The maximum absolute atomic E-state index is 12.5. The van der Waals surface area contributed by atoms with Crippen LogP contribution in [0.5, 0.6) is 5.75 Å². The first-order valence-corrected chi connectivity index (χ1v) is 9.26. The molecule has 4 nitrogen and oxygen atoms in total. The van der Waals surface area contributed by atoms with E-state index in [0.29, 0.717) is 16.1 Å². The minimum Gasteiger partial charge on any atom is -0.496 e. The third kappa shape index (κ3) is 3.60. The number of rotatable bonds is 3. The Morgan fingerprint density at radius 1 is 1.20 bits per heavy atom. The topological polar surface area (TPSA) is 43.6 Å². The molecule has 0 atom stereocenters. The average Bonchev–Trinajstić information content (AvgIpc) is 2.89. The molecule has 1 heterocycles. The van der Waals surface area contributed by atoms with E-state index >= 15 is 0 Å². The summed E-state index contributed by atoms with van der Waals surface area (Å²) in [7, 11) is 3.52. The molecule has 1 amide bonds. The van der Waals surface area contributed by atoms with E-state index in [0.717, 1.165) is 20.6 Å². The fourth-order valence-electron chi connectivity index (χ4n) is 2.63. The molecule has 0 aliphatic carbocycles. The molecule has 0 saturated heterocycles. The Morgan fingerprint density at radius 2 is 1.92 bits per heavy atom. The number of carbonyl (C=O) groups excluding carboxylic acids is 1. The Labute approximate surface area is 158 Å². The number of hydrogen-bond acceptors (Lipinski definition) is 3. The maximum Gasteiger partial charge on any atom is 0.279 e. The second-order valence-electron chi connectivity index (χ2n) is 5.48. The van der Waals surface area contributed by atoms with Gasteiger partial charge in [-0.05, 0) is 46.6 Å². The lowest BCUT2D eigenvalue weighted by atomic mass is 10.1. The van der Waals surface area contributed by atoms with Gasteiger partial charge in [-0.15, -0.1) is 11.3 Å². The lowest BCUT2D eigenvalue weighted by Gasteiger charge is -2.05. The number of ether oxygens (including phenoxy) is 1. The van der Waals surface area contributed by atoms with Crippen molar-refractivity contribution in [1.82, 2.24) is 4.57 Å². The number of nitrogens with zero attached hydrogens (tertiary/aromatic N) is 2. The van der Waals surface area contributed by atoms with Gasteiger partial charge in [-0.2, -0.15) is 4.99 Å². The number of thiazole rings is 1. The molecule has 2 aromatic carbocycles. The second-order valence-corrected chi connectivity index (χ2v) is 7.52. The zero-order valence-corrected chi connectivity index (χ0v) is 16.5. The highest BCUT2D eigenvalue weighted by molar-refractivity contribution is 9.10. The van der Waals surface area contributed by atoms with Crippen LogP contribution in [-0.4, -0.2) is 17.6 Å². The molecule has 0 aliphatic rings. The van der Waals surface area contributed by atoms with Crippen LogP contribution >= 0.6 is 27.3 Å². The molecule has 1 aromatic heterocycles. The minimum absolute atomic E-state index is 0.278. The van der Waals surface area contributed by atoms with Crippen molar-refractivity contribution in [2.45, 2.75) is 6.92 Å². The normalized spacial score (nSPS) is 11.6. The van der Waals surface area contributed by atoms with Crippen molar-refractivity contribution in [2.75, 3.05) is 7.11 Å². The molecule has 3 rings (SSSR count). The van der Waals surface area contributed by atoms with Gasteiger partial charge >= 0.3 is 0 Å². The zero-order chi connectivity index (χ0) is 18.0. The van der Waals surface area contributed by atoms with E-state index in [1.807, 2.05) is 36.7 Å². The maximum atomic E-state index is 12.5. The van der Waals surface area contributed by atoms with Crippen LogP contribution in [-0.2, 0) is 7.05 Å². The first-order valence-electron chi connectivity index (χ1n) is 7.65. The summed E-state index contributed by atoms with van der Waals surface area (Å²) in [5.41, 5.74) is 2.70. The second kappa shape index (κ2) is 7.37. The van der Waals surface area contributed by atoms with E-state index < -0.39 is 0 Å². The monoisotopic (exact) mass is 416 g/mol. The van der Waals surface area contributed by atoms with E-state index in [1.165, 1.54) is 11.3 Å². The molecule has 3 aromatic rings. The van der Waals surface area contributed by atoms with Crippen LogP contribution < -0.4 is 9.54 Å². The quantitative estimate of drug-likeness (QED) is 0.627. The Kier molecular flexibility index (Phi) is 5.20. The zero-order valence-electron chi connectivity index (χ0n) is 14.1. The molecule has 0 aliphatic heterocycles. The van der Waals surface area contributed by atoms with E-state index in [2.05, 4.69) is 33.1 Å². The predicted molar refractivity (Wildman–Crippen MR) is 104 cm³/mol. The van der Waals surface area contributed by atoms with Crippen molar-refractivity contribution >= 4 is 33.2 Å². The fourth-order valence-corrected chi connectivity index (χ4v) is 4.15. The summed E-state index contributed by atoms with van der Waals surface area (Å²) in [4.78, 5) is 18.6. The van der Waals surface area contributed by atoms with Crippen LogP contribution in [0.3, 0.4) is 0 Å². The molecular formula is C19H17BrN2O2S. The standard InChI is InChI=1S/C19H17BrN2O2S/c1-12-17(13-7-5-4-6-8-13)22(2)19(25-12)21-18(23)14-9-10-16(24-3)15(20)11-14/h4-11H,1-3H3. The molecule has 0 saturated carbocycles. The van der Waals surface area contributed by atoms with Crippen molar-refractivity contribution in [1.29, 1.82) is 0 Å². The third-order valence-electron chi connectivity index (χ3n) is 3.84. The number of benzene rings is 2. The lowest BCUT2D eigenvalue weighted by Crippen LogP contribution is -2.14. The molecule has 0 unspecified atom stereocenters. The van der Waals surface area contributed by atoms with Crippen LogP contribution in [0.4, 0.5) is 0 Å².